The lowest BCUT2D eigenvalue weighted by Crippen LogP contribution is -1.88. The van der Waals surface area contributed by atoms with Crippen molar-refractivity contribution in [2.45, 2.75) is 0 Å². The van der Waals surface area contributed by atoms with E-state index in [-0.39, 0.29) is 5.82 Å². The fraction of sp³-hybridized carbons (Fsp3) is 0.0714. The molecule has 2 N–H and O–H groups in total. The number of benzene rings is 1. The van der Waals surface area contributed by atoms with Crippen molar-refractivity contribution in [3.05, 3.63) is 48.5 Å². The number of fused-ring (bicyclic) bond motifs is 1. The Labute approximate surface area is 104 Å². The van der Waals surface area contributed by atoms with E-state index in [0.717, 1.165) is 22.2 Å². The van der Waals surface area contributed by atoms with Crippen molar-refractivity contribution >= 4 is 16.6 Å². The first-order valence-corrected chi connectivity index (χ1v) is 5.61. The van der Waals surface area contributed by atoms with Gasteiger partial charge in [-0.05, 0) is 30.3 Å². The second-order valence-electron chi connectivity index (χ2n) is 4.29. The van der Waals surface area contributed by atoms with Gasteiger partial charge in [0.05, 0.1) is 5.69 Å². The van der Waals surface area contributed by atoms with Crippen LogP contribution in [-0.2, 0) is 7.05 Å². The first kappa shape index (κ1) is 10.8. The number of nitrogens with two attached hydrogens (primary N) is 1. The van der Waals surface area contributed by atoms with Crippen molar-refractivity contribution in [2.75, 3.05) is 5.73 Å². The SMILES string of the molecule is Cn1cc(-c2cc(N)ccn2)c2cc(F)ccc21. The zero-order chi connectivity index (χ0) is 12.7. The van der Waals surface area contributed by atoms with E-state index in [1.807, 2.05) is 17.8 Å². The number of halogens is 1. The van der Waals surface area contributed by atoms with Gasteiger partial charge in [-0.2, -0.15) is 0 Å². The molecule has 0 aliphatic rings. The van der Waals surface area contributed by atoms with Crippen LogP contribution in [0.3, 0.4) is 0 Å². The molecule has 3 aromatic rings. The van der Waals surface area contributed by atoms with Crippen LogP contribution in [0, 0.1) is 5.82 Å². The number of hydrogen-bond acceptors (Lipinski definition) is 2. The van der Waals surface area contributed by atoms with Crippen molar-refractivity contribution in [3.63, 3.8) is 0 Å². The molecule has 18 heavy (non-hydrogen) atoms. The van der Waals surface area contributed by atoms with Crippen LogP contribution in [0.5, 0.6) is 0 Å². The number of anilines is 1. The minimum Gasteiger partial charge on any atom is -0.399 e. The van der Waals surface area contributed by atoms with E-state index in [2.05, 4.69) is 4.98 Å². The van der Waals surface area contributed by atoms with Gasteiger partial charge in [-0.25, -0.2) is 4.39 Å². The van der Waals surface area contributed by atoms with Crippen LogP contribution in [0.25, 0.3) is 22.2 Å². The van der Waals surface area contributed by atoms with Gasteiger partial charge in [-0.1, -0.05) is 0 Å². The summed E-state index contributed by atoms with van der Waals surface area (Å²) in [6, 6.07) is 8.27. The van der Waals surface area contributed by atoms with Crippen LogP contribution in [0.15, 0.2) is 42.7 Å². The Kier molecular flexibility index (Phi) is 2.30. The highest BCUT2D eigenvalue weighted by Crippen LogP contribution is 2.30. The van der Waals surface area contributed by atoms with E-state index < -0.39 is 0 Å². The fourth-order valence-electron chi connectivity index (χ4n) is 2.16. The third-order valence-electron chi connectivity index (χ3n) is 3.01. The summed E-state index contributed by atoms with van der Waals surface area (Å²) in [5, 5.41) is 0.843. The summed E-state index contributed by atoms with van der Waals surface area (Å²) in [4.78, 5) is 4.29. The molecule has 0 atom stereocenters. The molecule has 2 aromatic heterocycles. The molecule has 3 rings (SSSR count). The fourth-order valence-corrected chi connectivity index (χ4v) is 2.16. The minimum atomic E-state index is -0.251. The van der Waals surface area contributed by atoms with Gasteiger partial charge in [-0.3, -0.25) is 4.98 Å². The predicted molar refractivity (Wildman–Crippen MR) is 70.5 cm³/mol. The molecule has 4 heteroatoms. The largest absolute Gasteiger partial charge is 0.399 e. The number of nitrogens with zero attached hydrogens (tertiary/aromatic N) is 2. The molecule has 0 aliphatic heterocycles. The molecular weight excluding hydrogens is 229 g/mol. The highest BCUT2D eigenvalue weighted by atomic mass is 19.1. The minimum absolute atomic E-state index is 0.251. The number of aromatic nitrogens is 2. The van der Waals surface area contributed by atoms with Crippen LogP contribution in [-0.4, -0.2) is 9.55 Å². The lowest BCUT2D eigenvalue weighted by atomic mass is 10.1. The molecular formula is C14H12FN3. The Morgan fingerprint density at radius 1 is 1.22 bits per heavy atom. The van der Waals surface area contributed by atoms with Crippen molar-refractivity contribution < 1.29 is 4.39 Å². The maximum absolute atomic E-state index is 13.4. The number of pyridine rings is 1. The molecule has 0 aliphatic carbocycles. The number of hydrogen-bond donors (Lipinski definition) is 1. The number of nitrogen functional groups attached to an aromatic ring is 1. The highest BCUT2D eigenvalue weighted by molar-refractivity contribution is 5.95. The van der Waals surface area contributed by atoms with Gasteiger partial charge in [0.2, 0.25) is 0 Å². The lowest BCUT2D eigenvalue weighted by Gasteiger charge is -2.00. The topological polar surface area (TPSA) is 43.8 Å². The molecule has 90 valence electrons. The summed E-state index contributed by atoms with van der Waals surface area (Å²) >= 11 is 0. The van der Waals surface area contributed by atoms with Gasteiger partial charge in [0.15, 0.2) is 0 Å². The summed E-state index contributed by atoms with van der Waals surface area (Å²) < 4.78 is 15.3. The molecule has 0 bridgehead atoms. The van der Waals surface area contributed by atoms with E-state index in [0.29, 0.717) is 5.69 Å². The molecule has 0 unspecified atom stereocenters. The zero-order valence-corrected chi connectivity index (χ0v) is 9.89. The van der Waals surface area contributed by atoms with Crippen LogP contribution < -0.4 is 5.73 Å². The smallest absolute Gasteiger partial charge is 0.123 e. The van der Waals surface area contributed by atoms with E-state index >= 15 is 0 Å². The third-order valence-corrected chi connectivity index (χ3v) is 3.01. The second-order valence-corrected chi connectivity index (χ2v) is 4.29. The Hall–Kier alpha value is -2.36. The first-order valence-electron chi connectivity index (χ1n) is 5.61. The van der Waals surface area contributed by atoms with E-state index in [4.69, 9.17) is 5.73 Å². The maximum Gasteiger partial charge on any atom is 0.123 e. The molecule has 0 spiro atoms. The van der Waals surface area contributed by atoms with E-state index in [1.54, 1.807) is 24.4 Å². The zero-order valence-electron chi connectivity index (χ0n) is 9.89. The highest BCUT2D eigenvalue weighted by Gasteiger charge is 2.10. The molecule has 0 amide bonds. The number of aryl methyl sites for hydroxylation is 1. The van der Waals surface area contributed by atoms with Crippen LogP contribution in [0.4, 0.5) is 10.1 Å². The van der Waals surface area contributed by atoms with Gasteiger partial charge in [0, 0.05) is 41.6 Å². The van der Waals surface area contributed by atoms with Gasteiger partial charge < -0.3 is 10.3 Å². The quantitative estimate of drug-likeness (QED) is 0.711. The molecule has 0 fully saturated rings. The Bertz CT molecular complexity index is 731. The van der Waals surface area contributed by atoms with Crippen LogP contribution in [0.1, 0.15) is 0 Å². The van der Waals surface area contributed by atoms with Crippen LogP contribution >= 0.6 is 0 Å². The summed E-state index contributed by atoms with van der Waals surface area (Å²) in [6.45, 7) is 0. The average molecular weight is 241 g/mol. The maximum atomic E-state index is 13.4. The Morgan fingerprint density at radius 3 is 2.83 bits per heavy atom. The van der Waals surface area contributed by atoms with Crippen LogP contribution in [0.2, 0.25) is 0 Å². The summed E-state index contributed by atoms with van der Waals surface area (Å²) in [5.41, 5.74) is 9.01. The van der Waals surface area contributed by atoms with E-state index in [9.17, 15) is 4.39 Å². The average Bonchev–Trinajstić information content (AvgIpc) is 2.66. The van der Waals surface area contributed by atoms with Crippen molar-refractivity contribution in [2.24, 2.45) is 7.05 Å². The summed E-state index contributed by atoms with van der Waals surface area (Å²) in [6.07, 6.45) is 3.59. The molecule has 0 radical (unpaired) electrons. The van der Waals surface area contributed by atoms with Gasteiger partial charge in [0.25, 0.3) is 0 Å². The van der Waals surface area contributed by atoms with Gasteiger partial charge in [-0.15, -0.1) is 0 Å². The molecule has 0 saturated heterocycles. The first-order chi connectivity index (χ1) is 8.65. The third kappa shape index (κ3) is 1.62. The van der Waals surface area contributed by atoms with Crippen molar-refractivity contribution in [1.82, 2.24) is 9.55 Å². The molecule has 0 saturated carbocycles. The Morgan fingerprint density at radius 2 is 2.06 bits per heavy atom. The second kappa shape index (κ2) is 3.84. The molecule has 2 heterocycles. The van der Waals surface area contributed by atoms with Crippen molar-refractivity contribution in [3.8, 4) is 11.3 Å². The normalized spacial score (nSPS) is 11.0. The molecule has 3 nitrogen and oxygen atoms in total. The molecule has 1 aromatic carbocycles. The predicted octanol–water partition coefficient (Wildman–Crippen LogP) is 2.96. The number of rotatable bonds is 1. The monoisotopic (exact) mass is 241 g/mol. The Balaban J connectivity index is 2.32. The van der Waals surface area contributed by atoms with Gasteiger partial charge >= 0.3 is 0 Å². The van der Waals surface area contributed by atoms with Gasteiger partial charge in [0.1, 0.15) is 5.82 Å². The lowest BCUT2D eigenvalue weighted by molar-refractivity contribution is 0.629. The summed E-state index contributed by atoms with van der Waals surface area (Å²) in [5.74, 6) is -0.251. The standard InChI is InChI=1S/C14H12FN3/c1-18-8-12(13-7-10(16)4-5-17-13)11-6-9(15)2-3-14(11)18/h2-8H,1H3,(H2,16,17). The van der Waals surface area contributed by atoms with E-state index in [1.165, 1.54) is 12.1 Å². The summed E-state index contributed by atoms with van der Waals surface area (Å²) in [7, 11) is 1.93. The van der Waals surface area contributed by atoms with Crippen molar-refractivity contribution in [1.29, 1.82) is 0 Å².